The lowest BCUT2D eigenvalue weighted by atomic mass is 10.2. The molecule has 3 heterocycles. The molecule has 2 aromatic heterocycles. The van der Waals surface area contributed by atoms with Crippen molar-refractivity contribution in [1.29, 1.82) is 0 Å². The molecule has 4 nitrogen and oxygen atoms in total. The molecule has 0 bridgehead atoms. The number of fused-ring (bicyclic) bond motifs is 1. The van der Waals surface area contributed by atoms with Crippen LogP contribution in [0.2, 0.25) is 0 Å². The van der Waals surface area contributed by atoms with Crippen molar-refractivity contribution in [3.8, 4) is 11.6 Å². The maximum Gasteiger partial charge on any atom is 0.217 e. The Bertz CT molecular complexity index is 407. The van der Waals surface area contributed by atoms with E-state index in [-0.39, 0.29) is 0 Å². The van der Waals surface area contributed by atoms with E-state index in [1.807, 2.05) is 16.8 Å². The van der Waals surface area contributed by atoms with Gasteiger partial charge in [-0.15, -0.1) is 5.10 Å². The van der Waals surface area contributed by atoms with E-state index >= 15 is 0 Å². The molecule has 0 fully saturated rings. The second-order valence-electron chi connectivity index (χ2n) is 3.51. The number of hydrogen-bond acceptors (Lipinski definition) is 3. The average Bonchev–Trinajstić information content (AvgIpc) is 2.86. The summed E-state index contributed by atoms with van der Waals surface area (Å²) < 4.78 is 7.25. The molecular formula is C10H11N3O. The minimum absolute atomic E-state index is 0.715. The third kappa shape index (κ3) is 1.14. The lowest BCUT2D eigenvalue weighted by molar-refractivity contribution is 0.479. The van der Waals surface area contributed by atoms with Crippen LogP contribution in [0.15, 0.2) is 22.8 Å². The Morgan fingerprint density at radius 2 is 2.36 bits per heavy atom. The van der Waals surface area contributed by atoms with Gasteiger partial charge in [-0.05, 0) is 25.0 Å². The summed E-state index contributed by atoms with van der Waals surface area (Å²) in [4.78, 5) is 4.45. The highest BCUT2D eigenvalue weighted by atomic mass is 16.3. The standard InChI is InChI=1S/C10H11N3O/c1-2-6-13-9(5-1)11-10(12-13)8-4-3-7-14-8/h3-4,7H,1-2,5-6H2. The molecule has 72 valence electrons. The Labute approximate surface area is 81.6 Å². The van der Waals surface area contributed by atoms with Gasteiger partial charge in [0.1, 0.15) is 5.82 Å². The first-order valence-electron chi connectivity index (χ1n) is 4.91. The van der Waals surface area contributed by atoms with Gasteiger partial charge in [0.25, 0.3) is 0 Å². The van der Waals surface area contributed by atoms with Gasteiger partial charge in [-0.2, -0.15) is 0 Å². The van der Waals surface area contributed by atoms with Crippen LogP contribution in [-0.4, -0.2) is 14.8 Å². The molecule has 0 saturated carbocycles. The van der Waals surface area contributed by atoms with Crippen LogP contribution in [0.25, 0.3) is 11.6 Å². The molecule has 14 heavy (non-hydrogen) atoms. The Morgan fingerprint density at radius 3 is 3.14 bits per heavy atom. The van der Waals surface area contributed by atoms with E-state index in [0.29, 0.717) is 5.82 Å². The van der Waals surface area contributed by atoms with Crippen LogP contribution in [-0.2, 0) is 13.0 Å². The Kier molecular flexibility index (Phi) is 1.65. The van der Waals surface area contributed by atoms with Gasteiger partial charge in [0.15, 0.2) is 5.76 Å². The minimum Gasteiger partial charge on any atom is -0.461 e. The highest BCUT2D eigenvalue weighted by Crippen LogP contribution is 2.19. The summed E-state index contributed by atoms with van der Waals surface area (Å²) in [6.45, 7) is 0.989. The third-order valence-electron chi connectivity index (χ3n) is 2.51. The molecule has 1 aliphatic heterocycles. The van der Waals surface area contributed by atoms with Crippen molar-refractivity contribution in [2.45, 2.75) is 25.8 Å². The van der Waals surface area contributed by atoms with Crippen LogP contribution in [0.5, 0.6) is 0 Å². The smallest absolute Gasteiger partial charge is 0.217 e. The topological polar surface area (TPSA) is 43.9 Å². The molecule has 0 unspecified atom stereocenters. The molecule has 0 aromatic carbocycles. The number of hydrogen-bond donors (Lipinski definition) is 0. The molecular weight excluding hydrogens is 178 g/mol. The summed E-state index contributed by atoms with van der Waals surface area (Å²) in [5, 5.41) is 4.41. The number of aromatic nitrogens is 3. The normalized spacial score (nSPS) is 15.4. The van der Waals surface area contributed by atoms with Gasteiger partial charge in [-0.25, -0.2) is 9.67 Å². The predicted octanol–water partition coefficient (Wildman–Crippen LogP) is 1.87. The van der Waals surface area contributed by atoms with Gasteiger partial charge < -0.3 is 4.42 Å². The molecule has 2 aromatic rings. The number of rotatable bonds is 1. The van der Waals surface area contributed by atoms with E-state index in [1.165, 1.54) is 12.8 Å². The maximum absolute atomic E-state index is 5.26. The van der Waals surface area contributed by atoms with E-state index in [1.54, 1.807) is 6.26 Å². The van der Waals surface area contributed by atoms with Gasteiger partial charge >= 0.3 is 0 Å². The average molecular weight is 189 g/mol. The van der Waals surface area contributed by atoms with E-state index in [9.17, 15) is 0 Å². The van der Waals surface area contributed by atoms with Crippen molar-refractivity contribution in [3.05, 3.63) is 24.2 Å². The molecule has 0 aliphatic carbocycles. The Hall–Kier alpha value is -1.58. The predicted molar refractivity (Wildman–Crippen MR) is 50.7 cm³/mol. The molecule has 3 rings (SSSR count). The summed E-state index contributed by atoms with van der Waals surface area (Å²) in [7, 11) is 0. The highest BCUT2D eigenvalue weighted by molar-refractivity contribution is 5.45. The van der Waals surface area contributed by atoms with Crippen molar-refractivity contribution < 1.29 is 4.42 Å². The lowest BCUT2D eigenvalue weighted by Crippen LogP contribution is -2.11. The van der Waals surface area contributed by atoms with Crippen molar-refractivity contribution in [2.24, 2.45) is 0 Å². The van der Waals surface area contributed by atoms with Gasteiger partial charge in [-0.3, -0.25) is 0 Å². The van der Waals surface area contributed by atoms with Crippen LogP contribution in [0.1, 0.15) is 18.7 Å². The molecule has 4 heteroatoms. The van der Waals surface area contributed by atoms with Crippen LogP contribution >= 0.6 is 0 Å². The zero-order valence-corrected chi connectivity index (χ0v) is 7.81. The first-order chi connectivity index (χ1) is 6.93. The fourth-order valence-electron chi connectivity index (χ4n) is 1.79. The molecule has 1 aliphatic rings. The van der Waals surface area contributed by atoms with Crippen LogP contribution < -0.4 is 0 Å². The van der Waals surface area contributed by atoms with Crippen molar-refractivity contribution >= 4 is 0 Å². The summed E-state index contributed by atoms with van der Waals surface area (Å²) in [6, 6.07) is 3.75. The Morgan fingerprint density at radius 1 is 1.36 bits per heavy atom. The van der Waals surface area contributed by atoms with Crippen molar-refractivity contribution in [2.75, 3.05) is 0 Å². The van der Waals surface area contributed by atoms with E-state index in [2.05, 4.69) is 10.1 Å². The SMILES string of the molecule is c1coc(-c2nc3n(n2)CCCC3)c1. The van der Waals surface area contributed by atoms with Gasteiger partial charge in [-0.1, -0.05) is 0 Å². The quantitative estimate of drug-likeness (QED) is 0.687. The fraction of sp³-hybridized carbons (Fsp3) is 0.400. The van der Waals surface area contributed by atoms with E-state index in [4.69, 9.17) is 4.42 Å². The van der Waals surface area contributed by atoms with Gasteiger partial charge in [0.2, 0.25) is 5.82 Å². The summed E-state index contributed by atoms with van der Waals surface area (Å²) in [5.74, 6) is 2.56. The largest absolute Gasteiger partial charge is 0.461 e. The van der Waals surface area contributed by atoms with Crippen LogP contribution in [0.4, 0.5) is 0 Å². The molecule has 0 radical (unpaired) electrons. The number of aryl methyl sites for hydroxylation is 2. The number of nitrogens with zero attached hydrogens (tertiary/aromatic N) is 3. The van der Waals surface area contributed by atoms with Gasteiger partial charge in [0, 0.05) is 13.0 Å². The Balaban J connectivity index is 2.04. The molecule has 0 atom stereocenters. The van der Waals surface area contributed by atoms with Crippen LogP contribution in [0.3, 0.4) is 0 Å². The third-order valence-corrected chi connectivity index (χ3v) is 2.51. The zero-order chi connectivity index (χ0) is 9.38. The zero-order valence-electron chi connectivity index (χ0n) is 7.81. The fourth-order valence-corrected chi connectivity index (χ4v) is 1.79. The monoisotopic (exact) mass is 189 g/mol. The van der Waals surface area contributed by atoms with E-state index in [0.717, 1.165) is 24.6 Å². The van der Waals surface area contributed by atoms with Crippen LogP contribution in [0, 0.1) is 0 Å². The molecule has 0 N–H and O–H groups in total. The second kappa shape index (κ2) is 2.97. The number of furan rings is 1. The second-order valence-corrected chi connectivity index (χ2v) is 3.51. The summed E-state index contributed by atoms with van der Waals surface area (Å²) >= 11 is 0. The molecule has 0 saturated heterocycles. The first-order valence-corrected chi connectivity index (χ1v) is 4.91. The van der Waals surface area contributed by atoms with Crippen molar-refractivity contribution in [1.82, 2.24) is 14.8 Å². The van der Waals surface area contributed by atoms with Crippen molar-refractivity contribution in [3.63, 3.8) is 0 Å². The summed E-state index contributed by atoms with van der Waals surface area (Å²) in [5.41, 5.74) is 0. The lowest BCUT2D eigenvalue weighted by Gasteiger charge is -2.09. The van der Waals surface area contributed by atoms with E-state index < -0.39 is 0 Å². The molecule has 0 spiro atoms. The summed E-state index contributed by atoms with van der Waals surface area (Å²) in [6.07, 6.45) is 5.10. The highest BCUT2D eigenvalue weighted by Gasteiger charge is 2.15. The maximum atomic E-state index is 5.26. The first kappa shape index (κ1) is 7.79. The van der Waals surface area contributed by atoms with Gasteiger partial charge in [0.05, 0.1) is 6.26 Å². The molecule has 0 amide bonds. The minimum atomic E-state index is 0.715.